The fourth-order valence-electron chi connectivity index (χ4n) is 0.943. The van der Waals surface area contributed by atoms with Crippen molar-refractivity contribution in [3.8, 4) is 6.01 Å². The molecule has 0 spiro atoms. The minimum absolute atomic E-state index is 0.189. The lowest BCUT2D eigenvalue weighted by Gasteiger charge is -2.04. The van der Waals surface area contributed by atoms with E-state index in [9.17, 15) is 0 Å². The highest BCUT2D eigenvalue weighted by molar-refractivity contribution is 5.46. The van der Waals surface area contributed by atoms with E-state index in [0.29, 0.717) is 6.04 Å². The van der Waals surface area contributed by atoms with E-state index in [4.69, 9.17) is 5.11 Å². The van der Waals surface area contributed by atoms with Gasteiger partial charge in [0.1, 0.15) is 0 Å². The van der Waals surface area contributed by atoms with Crippen molar-refractivity contribution < 1.29 is 5.11 Å². The Morgan fingerprint density at radius 1 is 1.50 bits per heavy atom. The van der Waals surface area contributed by atoms with Gasteiger partial charge < -0.3 is 10.4 Å². The van der Waals surface area contributed by atoms with E-state index in [1.807, 2.05) is 13.1 Å². The van der Waals surface area contributed by atoms with Crippen molar-refractivity contribution in [1.82, 2.24) is 15.3 Å². The summed E-state index contributed by atoms with van der Waals surface area (Å²) in [4.78, 5) is 7.35. The Kier molecular flexibility index (Phi) is 4.07. The third-order valence-corrected chi connectivity index (χ3v) is 1.95. The lowest BCUT2D eigenvalue weighted by atomic mass is 10.2. The molecule has 1 heterocycles. The summed E-state index contributed by atoms with van der Waals surface area (Å²) >= 11 is 0. The summed E-state index contributed by atoms with van der Waals surface area (Å²) in [6, 6.07) is 0.273. The summed E-state index contributed by atoms with van der Waals surface area (Å²) in [5.41, 5.74) is 0.895. The van der Waals surface area contributed by atoms with Crippen molar-refractivity contribution in [2.45, 2.75) is 19.4 Å². The molecule has 2 N–H and O–H groups in total. The first-order valence-electron chi connectivity index (χ1n) is 4.57. The van der Waals surface area contributed by atoms with E-state index >= 15 is 0 Å². The van der Waals surface area contributed by atoms with Crippen LogP contribution in [0.15, 0.2) is 18.5 Å². The van der Waals surface area contributed by atoms with Crippen molar-refractivity contribution in [1.29, 1.82) is 0 Å². The van der Waals surface area contributed by atoms with Crippen LogP contribution in [0.3, 0.4) is 0 Å². The molecular weight excluding hydrogens is 178 g/mol. The van der Waals surface area contributed by atoms with Crippen LogP contribution in [0.2, 0.25) is 0 Å². The van der Waals surface area contributed by atoms with Crippen LogP contribution in [-0.4, -0.2) is 28.2 Å². The zero-order valence-electron chi connectivity index (χ0n) is 8.44. The van der Waals surface area contributed by atoms with Crippen molar-refractivity contribution in [3.63, 3.8) is 0 Å². The van der Waals surface area contributed by atoms with Crippen LogP contribution in [0.25, 0.3) is 6.08 Å². The Balaban J connectivity index is 2.48. The molecule has 4 heteroatoms. The van der Waals surface area contributed by atoms with Crippen molar-refractivity contribution in [2.75, 3.05) is 7.05 Å². The van der Waals surface area contributed by atoms with Crippen LogP contribution in [0.4, 0.5) is 0 Å². The average molecular weight is 193 g/mol. The van der Waals surface area contributed by atoms with Gasteiger partial charge in [-0.1, -0.05) is 12.2 Å². The molecule has 1 aromatic rings. The molecule has 0 bridgehead atoms. The van der Waals surface area contributed by atoms with Crippen molar-refractivity contribution >= 4 is 6.08 Å². The Hall–Kier alpha value is -1.42. The van der Waals surface area contributed by atoms with Gasteiger partial charge in [-0.05, 0) is 20.4 Å². The van der Waals surface area contributed by atoms with Gasteiger partial charge in [0.25, 0.3) is 0 Å². The first-order valence-corrected chi connectivity index (χ1v) is 4.57. The van der Waals surface area contributed by atoms with E-state index in [-0.39, 0.29) is 6.01 Å². The Bertz CT molecular complexity index is 295. The standard InChI is InChI=1S/C10H15N3O/c1-8(11-2)4-3-5-9-6-12-10(14)13-7-9/h3,5-8,11H,4H2,1-2H3,(H,12,13,14)/b5-3+/t8-/m0/s1. The monoisotopic (exact) mass is 193 g/mol. The molecule has 0 saturated carbocycles. The lowest BCUT2D eigenvalue weighted by molar-refractivity contribution is 0.430. The molecule has 0 unspecified atom stereocenters. The zero-order chi connectivity index (χ0) is 10.4. The van der Waals surface area contributed by atoms with Crippen LogP contribution in [-0.2, 0) is 0 Å². The Morgan fingerprint density at radius 3 is 2.71 bits per heavy atom. The van der Waals surface area contributed by atoms with Crippen LogP contribution in [0.1, 0.15) is 18.9 Å². The number of hydrogen-bond donors (Lipinski definition) is 2. The van der Waals surface area contributed by atoms with Crippen LogP contribution in [0.5, 0.6) is 6.01 Å². The Labute approximate surface area is 83.7 Å². The first-order chi connectivity index (χ1) is 6.72. The highest BCUT2D eigenvalue weighted by Crippen LogP contribution is 2.03. The van der Waals surface area contributed by atoms with Gasteiger partial charge in [0, 0.05) is 24.0 Å². The van der Waals surface area contributed by atoms with Crippen LogP contribution in [0, 0.1) is 0 Å². The molecule has 0 fully saturated rings. The maximum Gasteiger partial charge on any atom is 0.313 e. The number of nitrogens with one attached hydrogen (secondary N) is 1. The number of aromatic nitrogens is 2. The molecule has 4 nitrogen and oxygen atoms in total. The second-order valence-corrected chi connectivity index (χ2v) is 3.14. The topological polar surface area (TPSA) is 58.0 Å². The molecule has 14 heavy (non-hydrogen) atoms. The number of hydrogen-bond acceptors (Lipinski definition) is 4. The van der Waals surface area contributed by atoms with E-state index in [2.05, 4.69) is 28.3 Å². The maximum atomic E-state index is 8.85. The number of nitrogens with zero attached hydrogens (tertiary/aromatic N) is 2. The molecule has 0 saturated heterocycles. The van der Waals surface area contributed by atoms with Gasteiger partial charge in [-0.25, -0.2) is 9.97 Å². The van der Waals surface area contributed by atoms with E-state index in [1.165, 1.54) is 0 Å². The number of rotatable bonds is 4. The molecule has 0 amide bonds. The lowest BCUT2D eigenvalue weighted by Crippen LogP contribution is -2.19. The highest BCUT2D eigenvalue weighted by atomic mass is 16.3. The summed E-state index contributed by atoms with van der Waals surface area (Å²) in [7, 11) is 1.93. The van der Waals surface area contributed by atoms with E-state index in [0.717, 1.165) is 12.0 Å². The predicted octanol–water partition coefficient (Wildman–Crippen LogP) is 1.19. The second-order valence-electron chi connectivity index (χ2n) is 3.14. The SMILES string of the molecule is CN[C@@H](C)C/C=C/c1cnc(O)nc1. The van der Waals surface area contributed by atoms with Crippen LogP contribution >= 0.6 is 0 Å². The van der Waals surface area contributed by atoms with Gasteiger partial charge in [-0.2, -0.15) is 0 Å². The molecule has 1 rings (SSSR count). The molecule has 0 aliphatic rings. The Morgan fingerprint density at radius 2 is 2.14 bits per heavy atom. The first kappa shape index (κ1) is 10.7. The average Bonchev–Trinajstić information content (AvgIpc) is 2.21. The second kappa shape index (κ2) is 5.34. The minimum atomic E-state index is -0.189. The summed E-state index contributed by atoms with van der Waals surface area (Å²) in [5.74, 6) is 0. The predicted molar refractivity (Wildman–Crippen MR) is 55.9 cm³/mol. The minimum Gasteiger partial charge on any atom is -0.479 e. The van der Waals surface area contributed by atoms with Crippen LogP contribution < -0.4 is 5.32 Å². The molecule has 0 aromatic carbocycles. The molecule has 0 radical (unpaired) electrons. The molecule has 1 atom stereocenters. The highest BCUT2D eigenvalue weighted by Gasteiger charge is 1.93. The number of aromatic hydroxyl groups is 1. The fourth-order valence-corrected chi connectivity index (χ4v) is 0.943. The van der Waals surface area contributed by atoms with E-state index < -0.39 is 0 Å². The zero-order valence-corrected chi connectivity index (χ0v) is 8.44. The summed E-state index contributed by atoms with van der Waals surface area (Å²) in [6.07, 6.45) is 8.12. The quantitative estimate of drug-likeness (QED) is 0.754. The summed E-state index contributed by atoms with van der Waals surface area (Å²) < 4.78 is 0. The van der Waals surface area contributed by atoms with Gasteiger partial charge in [0.15, 0.2) is 0 Å². The van der Waals surface area contributed by atoms with Crippen molar-refractivity contribution in [2.24, 2.45) is 0 Å². The van der Waals surface area contributed by atoms with Gasteiger partial charge in [-0.3, -0.25) is 0 Å². The summed E-state index contributed by atoms with van der Waals surface area (Å²) in [5, 5.41) is 12.0. The van der Waals surface area contributed by atoms with Gasteiger partial charge in [0.05, 0.1) is 0 Å². The largest absolute Gasteiger partial charge is 0.479 e. The normalized spacial score (nSPS) is 13.3. The molecule has 0 aliphatic carbocycles. The van der Waals surface area contributed by atoms with Gasteiger partial charge in [0.2, 0.25) is 0 Å². The molecule has 0 aliphatic heterocycles. The molecular formula is C10H15N3O. The smallest absolute Gasteiger partial charge is 0.313 e. The summed E-state index contributed by atoms with van der Waals surface area (Å²) in [6.45, 7) is 2.11. The third kappa shape index (κ3) is 3.53. The van der Waals surface area contributed by atoms with Gasteiger partial charge in [-0.15, -0.1) is 0 Å². The maximum absolute atomic E-state index is 8.85. The van der Waals surface area contributed by atoms with E-state index in [1.54, 1.807) is 12.4 Å². The van der Waals surface area contributed by atoms with Crippen molar-refractivity contribution in [3.05, 3.63) is 24.0 Å². The third-order valence-electron chi connectivity index (χ3n) is 1.95. The molecule has 76 valence electrons. The van der Waals surface area contributed by atoms with Gasteiger partial charge >= 0.3 is 6.01 Å². The molecule has 1 aromatic heterocycles. The fraction of sp³-hybridized carbons (Fsp3) is 0.400.